The van der Waals surface area contributed by atoms with Crippen LogP contribution < -0.4 is 0 Å². The van der Waals surface area contributed by atoms with E-state index in [0.717, 1.165) is 13.1 Å². The largest absolute Gasteiger partial charge is 0.465 e. The van der Waals surface area contributed by atoms with Gasteiger partial charge in [0.25, 0.3) is 0 Å². The van der Waals surface area contributed by atoms with E-state index < -0.39 is 0 Å². The van der Waals surface area contributed by atoms with Crippen molar-refractivity contribution in [3.8, 4) is 0 Å². The molecular formula is C21H27NO2. The Morgan fingerprint density at radius 1 is 0.917 bits per heavy atom. The first-order valence-electron chi connectivity index (χ1n) is 8.60. The van der Waals surface area contributed by atoms with E-state index in [0.29, 0.717) is 6.61 Å². The Morgan fingerprint density at radius 3 is 1.75 bits per heavy atom. The van der Waals surface area contributed by atoms with Crippen molar-refractivity contribution in [1.29, 1.82) is 0 Å². The number of nitrogens with zero attached hydrogens (tertiary/aromatic N) is 1. The Morgan fingerprint density at radius 2 is 1.38 bits per heavy atom. The summed E-state index contributed by atoms with van der Waals surface area (Å²) in [5, 5.41) is 0. The zero-order valence-corrected chi connectivity index (χ0v) is 14.8. The van der Waals surface area contributed by atoms with Gasteiger partial charge in [-0.2, -0.15) is 0 Å². The fourth-order valence-corrected chi connectivity index (χ4v) is 2.96. The normalized spacial score (nSPS) is 12.4. The SMILES string of the molecule is CCOC(=O)C(C(C)C)N(Cc1ccccc1)Cc1ccccc1. The summed E-state index contributed by atoms with van der Waals surface area (Å²) in [6.07, 6.45) is 0. The van der Waals surface area contributed by atoms with Crippen molar-refractivity contribution in [2.24, 2.45) is 5.92 Å². The van der Waals surface area contributed by atoms with E-state index >= 15 is 0 Å². The minimum Gasteiger partial charge on any atom is -0.465 e. The lowest BCUT2D eigenvalue weighted by molar-refractivity contribution is -0.152. The van der Waals surface area contributed by atoms with Gasteiger partial charge in [0, 0.05) is 13.1 Å². The third-order valence-corrected chi connectivity index (χ3v) is 4.01. The van der Waals surface area contributed by atoms with Gasteiger partial charge in [-0.1, -0.05) is 74.5 Å². The molecule has 3 nitrogen and oxygen atoms in total. The number of carbonyl (C=O) groups is 1. The van der Waals surface area contributed by atoms with Crippen LogP contribution in [0.25, 0.3) is 0 Å². The first-order chi connectivity index (χ1) is 11.6. The molecule has 0 aliphatic rings. The predicted molar refractivity (Wildman–Crippen MR) is 97.4 cm³/mol. The molecule has 1 atom stereocenters. The molecule has 0 saturated heterocycles. The van der Waals surface area contributed by atoms with Crippen LogP contribution in [-0.4, -0.2) is 23.5 Å². The van der Waals surface area contributed by atoms with Crippen LogP contribution in [0.15, 0.2) is 60.7 Å². The number of benzene rings is 2. The Labute approximate surface area is 145 Å². The molecule has 1 unspecified atom stereocenters. The molecule has 0 saturated carbocycles. The van der Waals surface area contributed by atoms with Gasteiger partial charge in [0.1, 0.15) is 6.04 Å². The summed E-state index contributed by atoms with van der Waals surface area (Å²) in [6, 6.07) is 20.3. The van der Waals surface area contributed by atoms with Gasteiger partial charge >= 0.3 is 5.97 Å². The summed E-state index contributed by atoms with van der Waals surface area (Å²) >= 11 is 0. The first-order valence-corrected chi connectivity index (χ1v) is 8.60. The molecular weight excluding hydrogens is 298 g/mol. The van der Waals surface area contributed by atoms with Gasteiger partial charge in [-0.3, -0.25) is 9.69 Å². The molecule has 2 aromatic carbocycles. The maximum Gasteiger partial charge on any atom is 0.323 e. The van der Waals surface area contributed by atoms with Crippen molar-refractivity contribution in [3.63, 3.8) is 0 Å². The summed E-state index contributed by atoms with van der Waals surface area (Å²) < 4.78 is 5.34. The Bertz CT molecular complexity index is 569. The van der Waals surface area contributed by atoms with Crippen molar-refractivity contribution >= 4 is 5.97 Å². The fraction of sp³-hybridized carbons (Fsp3) is 0.381. The number of esters is 1. The van der Waals surface area contributed by atoms with Gasteiger partial charge in [-0.25, -0.2) is 0 Å². The first kappa shape index (κ1) is 18.2. The average molecular weight is 325 g/mol. The summed E-state index contributed by atoms with van der Waals surface area (Å²) in [4.78, 5) is 14.8. The Kier molecular flexibility index (Phi) is 7.01. The van der Waals surface area contributed by atoms with E-state index in [1.54, 1.807) is 0 Å². The molecule has 3 heteroatoms. The fourth-order valence-electron chi connectivity index (χ4n) is 2.96. The predicted octanol–water partition coefficient (Wildman–Crippen LogP) is 4.28. The zero-order valence-electron chi connectivity index (χ0n) is 14.8. The molecule has 128 valence electrons. The zero-order chi connectivity index (χ0) is 17.4. The van der Waals surface area contributed by atoms with Crippen molar-refractivity contribution in [2.75, 3.05) is 6.61 Å². The molecule has 0 aromatic heterocycles. The number of rotatable bonds is 8. The molecule has 0 N–H and O–H groups in total. The number of ether oxygens (including phenoxy) is 1. The summed E-state index contributed by atoms with van der Waals surface area (Å²) in [6.45, 7) is 7.85. The second-order valence-corrected chi connectivity index (χ2v) is 6.32. The van der Waals surface area contributed by atoms with E-state index in [1.165, 1.54) is 11.1 Å². The summed E-state index contributed by atoms with van der Waals surface area (Å²) in [7, 11) is 0. The molecule has 0 aliphatic heterocycles. The molecule has 0 fully saturated rings. The van der Waals surface area contributed by atoms with Crippen molar-refractivity contribution < 1.29 is 9.53 Å². The molecule has 0 radical (unpaired) electrons. The standard InChI is InChI=1S/C21H27NO2/c1-4-24-21(23)20(17(2)3)22(15-18-11-7-5-8-12-18)16-19-13-9-6-10-14-19/h5-14,17,20H,4,15-16H2,1-3H3. The Hall–Kier alpha value is -2.13. The van der Waals surface area contributed by atoms with Crippen LogP contribution in [0.3, 0.4) is 0 Å². The quantitative estimate of drug-likeness (QED) is 0.679. The lowest BCUT2D eigenvalue weighted by Crippen LogP contribution is -2.44. The molecule has 0 amide bonds. The third kappa shape index (κ3) is 5.20. The maximum atomic E-state index is 12.5. The lowest BCUT2D eigenvalue weighted by Gasteiger charge is -2.32. The van der Waals surface area contributed by atoms with E-state index in [9.17, 15) is 4.79 Å². The highest BCUT2D eigenvalue weighted by atomic mass is 16.5. The highest BCUT2D eigenvalue weighted by Gasteiger charge is 2.30. The summed E-state index contributed by atoms with van der Waals surface area (Å²) in [5.74, 6) is 0.0378. The van der Waals surface area contributed by atoms with Crippen LogP contribution >= 0.6 is 0 Å². The number of hydrogen-bond acceptors (Lipinski definition) is 3. The van der Waals surface area contributed by atoms with Crippen LogP contribution in [0.5, 0.6) is 0 Å². The van der Waals surface area contributed by atoms with Gasteiger partial charge in [0.2, 0.25) is 0 Å². The van der Waals surface area contributed by atoms with E-state index in [-0.39, 0.29) is 17.9 Å². The number of hydrogen-bond donors (Lipinski definition) is 0. The molecule has 0 aliphatic carbocycles. The van der Waals surface area contributed by atoms with Crippen molar-refractivity contribution in [3.05, 3.63) is 71.8 Å². The van der Waals surface area contributed by atoms with Gasteiger partial charge < -0.3 is 4.74 Å². The molecule has 2 rings (SSSR count). The molecule has 0 spiro atoms. The average Bonchev–Trinajstić information content (AvgIpc) is 2.56. The molecule has 2 aromatic rings. The molecule has 24 heavy (non-hydrogen) atoms. The molecule has 0 heterocycles. The summed E-state index contributed by atoms with van der Waals surface area (Å²) in [5.41, 5.74) is 2.40. The minimum absolute atomic E-state index is 0.139. The van der Waals surface area contributed by atoms with Crippen molar-refractivity contribution in [1.82, 2.24) is 4.90 Å². The van der Waals surface area contributed by atoms with Gasteiger partial charge in [-0.15, -0.1) is 0 Å². The van der Waals surface area contributed by atoms with Crippen LogP contribution in [-0.2, 0) is 22.6 Å². The lowest BCUT2D eigenvalue weighted by atomic mass is 10.0. The topological polar surface area (TPSA) is 29.5 Å². The van der Waals surface area contributed by atoms with Crippen LogP contribution in [0.2, 0.25) is 0 Å². The smallest absolute Gasteiger partial charge is 0.323 e. The Balaban J connectivity index is 2.27. The van der Waals surface area contributed by atoms with E-state index in [2.05, 4.69) is 43.0 Å². The van der Waals surface area contributed by atoms with Crippen LogP contribution in [0.4, 0.5) is 0 Å². The monoisotopic (exact) mass is 325 g/mol. The maximum absolute atomic E-state index is 12.5. The van der Waals surface area contributed by atoms with Crippen LogP contribution in [0, 0.1) is 5.92 Å². The van der Waals surface area contributed by atoms with E-state index in [4.69, 9.17) is 4.74 Å². The third-order valence-electron chi connectivity index (χ3n) is 4.01. The van der Waals surface area contributed by atoms with Gasteiger partial charge in [0.05, 0.1) is 6.61 Å². The number of carbonyl (C=O) groups excluding carboxylic acids is 1. The van der Waals surface area contributed by atoms with Gasteiger partial charge in [-0.05, 0) is 24.0 Å². The highest BCUT2D eigenvalue weighted by Crippen LogP contribution is 2.19. The van der Waals surface area contributed by atoms with E-state index in [1.807, 2.05) is 43.3 Å². The highest BCUT2D eigenvalue weighted by molar-refractivity contribution is 5.76. The second-order valence-electron chi connectivity index (χ2n) is 6.32. The van der Waals surface area contributed by atoms with Crippen LogP contribution in [0.1, 0.15) is 31.9 Å². The van der Waals surface area contributed by atoms with Crippen molar-refractivity contribution in [2.45, 2.75) is 39.9 Å². The van der Waals surface area contributed by atoms with Gasteiger partial charge in [0.15, 0.2) is 0 Å². The second kappa shape index (κ2) is 9.24. The minimum atomic E-state index is -0.259. The molecule has 0 bridgehead atoms.